The number of ether oxygens (including phenoxy) is 2. The molecule has 0 bridgehead atoms. The van der Waals surface area contributed by atoms with Crippen molar-refractivity contribution in [2.45, 2.75) is 24.1 Å². The van der Waals surface area contributed by atoms with E-state index in [0.717, 1.165) is 37.9 Å². The van der Waals surface area contributed by atoms with Gasteiger partial charge in [-0.15, -0.1) is 21.5 Å². The van der Waals surface area contributed by atoms with E-state index in [1.54, 1.807) is 30.2 Å². The second-order valence-electron chi connectivity index (χ2n) is 6.69. The molecule has 160 valence electrons. The SMILES string of the molecule is COCCn1c(COc2ccccc2-c2ccccc2)nnc1SCc1ccc(Cl)s1. The Balaban J connectivity index is 1.50. The van der Waals surface area contributed by atoms with Gasteiger partial charge in [-0.25, -0.2) is 0 Å². The van der Waals surface area contributed by atoms with E-state index in [0.29, 0.717) is 19.8 Å². The number of thiophene rings is 1. The van der Waals surface area contributed by atoms with Gasteiger partial charge in [-0.1, -0.05) is 71.9 Å². The number of thioether (sulfide) groups is 1. The van der Waals surface area contributed by atoms with Crippen LogP contribution < -0.4 is 4.74 Å². The van der Waals surface area contributed by atoms with Crippen LogP contribution in [0.1, 0.15) is 10.7 Å². The van der Waals surface area contributed by atoms with Crippen molar-refractivity contribution in [1.82, 2.24) is 14.8 Å². The number of benzene rings is 2. The summed E-state index contributed by atoms with van der Waals surface area (Å²) in [5, 5.41) is 9.63. The van der Waals surface area contributed by atoms with Crippen LogP contribution in [0.25, 0.3) is 11.1 Å². The first-order chi connectivity index (χ1) is 15.2. The number of rotatable bonds is 10. The zero-order chi connectivity index (χ0) is 21.5. The highest BCUT2D eigenvalue weighted by atomic mass is 35.5. The minimum absolute atomic E-state index is 0.325. The topological polar surface area (TPSA) is 49.2 Å². The molecule has 0 spiro atoms. The second kappa shape index (κ2) is 10.8. The summed E-state index contributed by atoms with van der Waals surface area (Å²) in [6.45, 7) is 1.56. The lowest BCUT2D eigenvalue weighted by Gasteiger charge is -2.13. The van der Waals surface area contributed by atoms with Crippen molar-refractivity contribution >= 4 is 34.7 Å². The van der Waals surface area contributed by atoms with E-state index in [-0.39, 0.29) is 0 Å². The summed E-state index contributed by atoms with van der Waals surface area (Å²) in [5.41, 5.74) is 2.17. The number of nitrogens with zero attached hydrogens (tertiary/aromatic N) is 3. The molecule has 0 saturated carbocycles. The summed E-state index contributed by atoms with van der Waals surface area (Å²) >= 11 is 9.26. The van der Waals surface area contributed by atoms with E-state index in [2.05, 4.69) is 33.0 Å². The van der Waals surface area contributed by atoms with Crippen molar-refractivity contribution in [2.75, 3.05) is 13.7 Å². The maximum absolute atomic E-state index is 6.19. The van der Waals surface area contributed by atoms with Gasteiger partial charge in [-0.3, -0.25) is 0 Å². The Morgan fingerprint density at radius 1 is 1.00 bits per heavy atom. The molecule has 0 aliphatic rings. The lowest BCUT2D eigenvalue weighted by Crippen LogP contribution is -2.12. The highest BCUT2D eigenvalue weighted by Crippen LogP contribution is 2.31. The highest BCUT2D eigenvalue weighted by Gasteiger charge is 2.15. The molecule has 0 amide bonds. The fraction of sp³-hybridized carbons (Fsp3) is 0.217. The number of para-hydroxylation sites is 1. The van der Waals surface area contributed by atoms with Gasteiger partial charge < -0.3 is 14.0 Å². The van der Waals surface area contributed by atoms with Gasteiger partial charge in [0.25, 0.3) is 0 Å². The summed E-state index contributed by atoms with van der Waals surface area (Å²) < 4.78 is 14.3. The third-order valence-electron chi connectivity index (χ3n) is 4.61. The first-order valence-corrected chi connectivity index (χ1v) is 12.0. The molecule has 0 aliphatic heterocycles. The summed E-state index contributed by atoms with van der Waals surface area (Å²) in [5.74, 6) is 2.38. The lowest BCUT2D eigenvalue weighted by molar-refractivity contribution is 0.181. The molecule has 0 atom stereocenters. The smallest absolute Gasteiger partial charge is 0.191 e. The van der Waals surface area contributed by atoms with Crippen LogP contribution in [-0.4, -0.2) is 28.5 Å². The minimum atomic E-state index is 0.325. The Morgan fingerprint density at radius 2 is 1.81 bits per heavy atom. The summed E-state index contributed by atoms with van der Waals surface area (Å²) in [6.07, 6.45) is 0. The van der Waals surface area contributed by atoms with Crippen LogP contribution in [0.3, 0.4) is 0 Å². The predicted octanol–water partition coefficient (Wildman–Crippen LogP) is 6.18. The van der Waals surface area contributed by atoms with Gasteiger partial charge in [-0.05, 0) is 23.8 Å². The third kappa shape index (κ3) is 5.68. The molecule has 0 radical (unpaired) electrons. The van der Waals surface area contributed by atoms with Gasteiger partial charge >= 0.3 is 0 Å². The first-order valence-electron chi connectivity index (χ1n) is 9.80. The molecule has 0 unspecified atom stereocenters. The molecule has 0 fully saturated rings. The number of methoxy groups -OCH3 is 1. The van der Waals surface area contributed by atoms with Crippen LogP contribution in [0.4, 0.5) is 0 Å². The van der Waals surface area contributed by atoms with E-state index in [1.807, 2.05) is 48.5 Å². The Labute approximate surface area is 195 Å². The average molecular weight is 472 g/mol. The highest BCUT2D eigenvalue weighted by molar-refractivity contribution is 7.98. The quantitative estimate of drug-likeness (QED) is 0.258. The largest absolute Gasteiger partial charge is 0.485 e. The van der Waals surface area contributed by atoms with Crippen molar-refractivity contribution in [1.29, 1.82) is 0 Å². The molecule has 8 heteroatoms. The van der Waals surface area contributed by atoms with E-state index >= 15 is 0 Å². The predicted molar refractivity (Wildman–Crippen MR) is 127 cm³/mol. The van der Waals surface area contributed by atoms with Crippen molar-refractivity contribution in [2.24, 2.45) is 0 Å². The molecule has 4 aromatic rings. The van der Waals surface area contributed by atoms with Crippen molar-refractivity contribution in [3.63, 3.8) is 0 Å². The zero-order valence-corrected chi connectivity index (χ0v) is 19.4. The van der Waals surface area contributed by atoms with Gasteiger partial charge in [0.1, 0.15) is 12.4 Å². The standard InChI is InChI=1S/C23H22ClN3O2S2/c1-28-14-13-27-22(25-26-23(27)30-16-18-11-12-21(24)31-18)15-29-20-10-6-5-9-19(20)17-7-3-2-4-8-17/h2-12H,13-16H2,1H3. The zero-order valence-electron chi connectivity index (χ0n) is 17.0. The van der Waals surface area contributed by atoms with Gasteiger partial charge in [0.05, 0.1) is 10.9 Å². The molecule has 0 saturated heterocycles. The molecule has 2 aromatic heterocycles. The van der Waals surface area contributed by atoms with Crippen LogP contribution in [-0.2, 0) is 23.6 Å². The van der Waals surface area contributed by atoms with E-state index in [1.165, 1.54) is 4.88 Å². The Kier molecular flexibility index (Phi) is 7.64. The van der Waals surface area contributed by atoms with E-state index in [9.17, 15) is 0 Å². The van der Waals surface area contributed by atoms with Gasteiger partial charge in [0, 0.05) is 29.8 Å². The van der Waals surface area contributed by atoms with Crippen LogP contribution in [0.15, 0.2) is 71.9 Å². The fourth-order valence-electron chi connectivity index (χ4n) is 3.10. The second-order valence-corrected chi connectivity index (χ2v) is 9.43. The van der Waals surface area contributed by atoms with Gasteiger partial charge in [-0.2, -0.15) is 0 Å². The number of halogens is 1. The molecule has 2 heterocycles. The van der Waals surface area contributed by atoms with E-state index in [4.69, 9.17) is 21.1 Å². The molecule has 31 heavy (non-hydrogen) atoms. The Bertz CT molecular complexity index is 1110. The normalized spacial score (nSPS) is 11.0. The summed E-state index contributed by atoms with van der Waals surface area (Å²) in [4.78, 5) is 1.20. The van der Waals surface area contributed by atoms with Crippen LogP contribution in [0.5, 0.6) is 5.75 Å². The lowest BCUT2D eigenvalue weighted by atomic mass is 10.1. The fourth-order valence-corrected chi connectivity index (χ4v) is 5.21. The van der Waals surface area contributed by atoms with E-state index < -0.39 is 0 Å². The molecular formula is C23H22ClN3O2S2. The van der Waals surface area contributed by atoms with Gasteiger partial charge in [0.15, 0.2) is 11.0 Å². The molecule has 4 rings (SSSR count). The minimum Gasteiger partial charge on any atom is -0.485 e. The number of hydrogen-bond donors (Lipinski definition) is 0. The summed E-state index contributed by atoms with van der Waals surface area (Å²) in [6, 6.07) is 22.2. The Morgan fingerprint density at radius 3 is 2.58 bits per heavy atom. The molecule has 2 aromatic carbocycles. The van der Waals surface area contributed by atoms with Crippen LogP contribution in [0, 0.1) is 0 Å². The third-order valence-corrected chi connectivity index (χ3v) is 7.04. The van der Waals surface area contributed by atoms with Crippen molar-refractivity contribution in [3.8, 4) is 16.9 Å². The van der Waals surface area contributed by atoms with Crippen molar-refractivity contribution < 1.29 is 9.47 Å². The average Bonchev–Trinajstić information content (AvgIpc) is 3.40. The summed E-state index contributed by atoms with van der Waals surface area (Å²) in [7, 11) is 1.69. The van der Waals surface area contributed by atoms with Crippen LogP contribution in [0.2, 0.25) is 4.34 Å². The monoisotopic (exact) mass is 471 g/mol. The molecule has 0 N–H and O–H groups in total. The van der Waals surface area contributed by atoms with Crippen LogP contribution >= 0.6 is 34.7 Å². The maximum Gasteiger partial charge on any atom is 0.191 e. The van der Waals surface area contributed by atoms with Gasteiger partial charge in [0.2, 0.25) is 0 Å². The van der Waals surface area contributed by atoms with Crippen molar-refractivity contribution in [3.05, 3.63) is 81.8 Å². The molecule has 5 nitrogen and oxygen atoms in total. The molecule has 0 aliphatic carbocycles. The maximum atomic E-state index is 6.19. The Hall–Kier alpha value is -2.32. The molecular weight excluding hydrogens is 450 g/mol. The first kappa shape index (κ1) is 21.9. The number of aromatic nitrogens is 3. The number of hydrogen-bond acceptors (Lipinski definition) is 6.